The second-order valence-electron chi connectivity index (χ2n) is 7.80. The Hall–Kier alpha value is -2.49. The molecule has 0 spiro atoms. The first-order chi connectivity index (χ1) is 14.7. The van der Waals surface area contributed by atoms with E-state index < -0.39 is 0 Å². The maximum Gasteiger partial charge on any atom is 0.280 e. The number of carbonyl (C=O) groups is 1. The van der Waals surface area contributed by atoms with Gasteiger partial charge in [-0.25, -0.2) is 4.98 Å². The number of ether oxygens (including phenoxy) is 1. The second-order valence-corrected chi connectivity index (χ2v) is 8.78. The second kappa shape index (κ2) is 8.33. The molecule has 4 heterocycles. The van der Waals surface area contributed by atoms with Crippen molar-refractivity contribution in [3.8, 4) is 0 Å². The van der Waals surface area contributed by atoms with Crippen LogP contribution in [0.1, 0.15) is 34.1 Å². The molecule has 1 unspecified atom stereocenters. The summed E-state index contributed by atoms with van der Waals surface area (Å²) in [4.78, 5) is 24.4. The van der Waals surface area contributed by atoms with Crippen molar-refractivity contribution < 1.29 is 9.53 Å². The van der Waals surface area contributed by atoms with E-state index >= 15 is 0 Å². The number of anilines is 1. The minimum Gasteiger partial charge on any atom is -0.381 e. The fraction of sp³-hybridized carbons (Fsp3) is 0.476. The Bertz CT molecular complexity index is 1060. The standard InChI is InChI=1S/C21H26N6O2S/c1-22-10-13-11-27(16-5-3-2-4-15(13)16)18-17-20(24-12-23-18)30-21(26-17)19(28)25-14-6-8-29-9-7-14/h2-5,13-14,22-23H,6-12H2,1H3,(H,25,28). The molecule has 158 valence electrons. The fourth-order valence-electron chi connectivity index (χ4n) is 4.38. The third-order valence-corrected chi connectivity index (χ3v) is 6.83. The number of nitrogens with one attached hydrogen (secondary N) is 3. The van der Waals surface area contributed by atoms with Gasteiger partial charge in [-0.2, -0.15) is 0 Å². The molecule has 1 atom stereocenters. The zero-order valence-corrected chi connectivity index (χ0v) is 17.8. The molecule has 2 aromatic rings. The van der Waals surface area contributed by atoms with Crippen LogP contribution >= 0.6 is 11.3 Å². The number of likely N-dealkylation sites (N-methyl/N-ethyl adjacent to an activating group) is 1. The number of para-hydroxylation sites is 1. The summed E-state index contributed by atoms with van der Waals surface area (Å²) in [5.74, 6) is 1.22. The Morgan fingerprint density at radius 1 is 1.33 bits per heavy atom. The maximum atomic E-state index is 12.8. The van der Waals surface area contributed by atoms with Gasteiger partial charge in [-0.05, 0) is 31.5 Å². The molecular weight excluding hydrogens is 400 g/mol. The van der Waals surface area contributed by atoms with Crippen LogP contribution in [0.25, 0.3) is 5.82 Å². The summed E-state index contributed by atoms with van der Waals surface area (Å²) in [6.07, 6.45) is 1.69. The minimum atomic E-state index is -0.120. The molecule has 0 bridgehead atoms. The summed E-state index contributed by atoms with van der Waals surface area (Å²) in [6.45, 7) is 3.65. The lowest BCUT2D eigenvalue weighted by molar-refractivity contribution is 0.0696. The van der Waals surface area contributed by atoms with E-state index in [9.17, 15) is 4.79 Å². The van der Waals surface area contributed by atoms with Crippen molar-refractivity contribution in [2.75, 3.05) is 44.9 Å². The average Bonchev–Trinajstić information content (AvgIpc) is 3.37. The number of aromatic nitrogens is 1. The number of amides is 1. The summed E-state index contributed by atoms with van der Waals surface area (Å²) in [5, 5.41) is 11.0. The number of rotatable bonds is 5. The number of hydrogen-bond donors (Lipinski definition) is 3. The molecule has 8 nitrogen and oxygen atoms in total. The van der Waals surface area contributed by atoms with Crippen LogP contribution in [0.5, 0.6) is 0 Å². The van der Waals surface area contributed by atoms with Gasteiger partial charge >= 0.3 is 0 Å². The van der Waals surface area contributed by atoms with Crippen molar-refractivity contribution in [3.05, 3.63) is 44.9 Å². The van der Waals surface area contributed by atoms with E-state index in [4.69, 9.17) is 9.72 Å². The summed E-state index contributed by atoms with van der Waals surface area (Å²) in [7, 11) is 1.98. The highest BCUT2D eigenvalue weighted by Gasteiger charge is 2.31. The molecule has 30 heavy (non-hydrogen) atoms. The van der Waals surface area contributed by atoms with Crippen molar-refractivity contribution in [1.82, 2.24) is 20.9 Å². The van der Waals surface area contributed by atoms with Gasteiger partial charge < -0.3 is 25.6 Å². The van der Waals surface area contributed by atoms with E-state index in [1.807, 2.05) is 7.05 Å². The third kappa shape index (κ3) is 3.57. The Kier molecular flexibility index (Phi) is 5.41. The monoisotopic (exact) mass is 426 g/mol. The molecule has 0 aliphatic carbocycles. The predicted molar refractivity (Wildman–Crippen MR) is 116 cm³/mol. The van der Waals surface area contributed by atoms with Crippen LogP contribution in [-0.4, -0.2) is 57.0 Å². The first kappa shape index (κ1) is 19.5. The quantitative estimate of drug-likeness (QED) is 0.629. The Morgan fingerprint density at radius 2 is 2.17 bits per heavy atom. The average molecular weight is 427 g/mol. The van der Waals surface area contributed by atoms with Crippen molar-refractivity contribution in [1.29, 1.82) is 0 Å². The number of thiazole rings is 1. The maximum absolute atomic E-state index is 12.8. The van der Waals surface area contributed by atoms with E-state index in [1.54, 1.807) is 0 Å². The zero-order valence-electron chi connectivity index (χ0n) is 17.0. The van der Waals surface area contributed by atoms with Crippen molar-refractivity contribution in [2.45, 2.75) is 24.8 Å². The molecule has 1 aromatic carbocycles. The van der Waals surface area contributed by atoms with Crippen molar-refractivity contribution >= 4 is 28.8 Å². The molecular formula is C21H26N6O2S. The summed E-state index contributed by atoms with van der Waals surface area (Å²) in [5.41, 5.74) is 2.52. The van der Waals surface area contributed by atoms with Crippen LogP contribution in [0.2, 0.25) is 0 Å². The van der Waals surface area contributed by atoms with Crippen LogP contribution in [0.3, 0.4) is 0 Å². The number of nitrogens with zero attached hydrogens (tertiary/aromatic N) is 3. The molecule has 3 aliphatic heterocycles. The van der Waals surface area contributed by atoms with Gasteiger partial charge in [-0.1, -0.05) is 29.5 Å². The van der Waals surface area contributed by atoms with Crippen molar-refractivity contribution in [2.24, 2.45) is 4.99 Å². The Morgan fingerprint density at radius 3 is 3.00 bits per heavy atom. The normalized spacial score (nSPS) is 20.9. The SMILES string of the molecule is CNCC1CN(C2=c3nc(C(=O)NC4CCOCC4)sc3=NCN2)c2ccccc21. The molecule has 0 radical (unpaired) electrons. The topological polar surface area (TPSA) is 90.9 Å². The fourth-order valence-corrected chi connectivity index (χ4v) is 5.22. The third-order valence-electron chi connectivity index (χ3n) is 5.84. The number of benzene rings is 1. The summed E-state index contributed by atoms with van der Waals surface area (Å²) >= 11 is 1.37. The lowest BCUT2D eigenvalue weighted by Crippen LogP contribution is -2.44. The highest BCUT2D eigenvalue weighted by molar-refractivity contribution is 7.11. The van der Waals surface area contributed by atoms with Gasteiger partial charge in [0.25, 0.3) is 5.91 Å². The van der Waals surface area contributed by atoms with Gasteiger partial charge in [0.1, 0.15) is 22.5 Å². The number of fused-ring (bicyclic) bond motifs is 2. The highest BCUT2D eigenvalue weighted by Crippen LogP contribution is 2.37. The van der Waals surface area contributed by atoms with Gasteiger partial charge in [0, 0.05) is 44.0 Å². The molecule has 9 heteroatoms. The van der Waals surface area contributed by atoms with Gasteiger partial charge in [0.15, 0.2) is 5.01 Å². The number of hydrogen-bond acceptors (Lipinski definition) is 8. The van der Waals surface area contributed by atoms with Crippen LogP contribution in [0, 0.1) is 0 Å². The molecule has 1 aromatic heterocycles. The van der Waals surface area contributed by atoms with Gasteiger partial charge in [0.2, 0.25) is 0 Å². The summed E-state index contributed by atoms with van der Waals surface area (Å²) < 4.78 is 6.19. The molecule has 1 amide bonds. The zero-order chi connectivity index (χ0) is 20.5. The predicted octanol–water partition coefficient (Wildman–Crippen LogP) is 0.121. The van der Waals surface area contributed by atoms with Gasteiger partial charge in [0.05, 0.1) is 0 Å². The van der Waals surface area contributed by atoms with Gasteiger partial charge in [-0.15, -0.1) is 0 Å². The molecule has 1 saturated heterocycles. The lowest BCUT2D eigenvalue weighted by Gasteiger charge is -2.24. The molecule has 1 fully saturated rings. The number of carbonyl (C=O) groups excluding carboxylic acids is 1. The van der Waals surface area contributed by atoms with Crippen LogP contribution in [0.4, 0.5) is 5.69 Å². The Balaban J connectivity index is 1.48. The van der Waals surface area contributed by atoms with E-state index in [0.717, 1.165) is 41.8 Å². The summed E-state index contributed by atoms with van der Waals surface area (Å²) in [6, 6.07) is 8.65. The first-order valence-electron chi connectivity index (χ1n) is 10.4. The van der Waals surface area contributed by atoms with Gasteiger partial charge in [-0.3, -0.25) is 9.79 Å². The van der Waals surface area contributed by atoms with Crippen LogP contribution in [0.15, 0.2) is 29.3 Å². The Labute approximate surface area is 179 Å². The first-order valence-corrected chi connectivity index (χ1v) is 11.3. The highest BCUT2D eigenvalue weighted by atomic mass is 32.1. The molecule has 0 saturated carbocycles. The van der Waals surface area contributed by atoms with E-state index in [0.29, 0.717) is 30.8 Å². The van der Waals surface area contributed by atoms with Crippen molar-refractivity contribution in [3.63, 3.8) is 0 Å². The van der Waals surface area contributed by atoms with E-state index in [-0.39, 0.29) is 11.9 Å². The van der Waals surface area contributed by atoms with Crippen LogP contribution < -0.4 is 30.9 Å². The van der Waals surface area contributed by atoms with E-state index in [1.165, 1.54) is 22.6 Å². The van der Waals surface area contributed by atoms with E-state index in [2.05, 4.69) is 50.1 Å². The van der Waals surface area contributed by atoms with Crippen LogP contribution in [-0.2, 0) is 4.74 Å². The lowest BCUT2D eigenvalue weighted by atomic mass is 10.0. The molecule has 3 aliphatic rings. The minimum absolute atomic E-state index is 0.120. The molecule has 5 rings (SSSR count). The largest absolute Gasteiger partial charge is 0.381 e. The molecule has 3 N–H and O–H groups in total. The smallest absolute Gasteiger partial charge is 0.280 e.